The second kappa shape index (κ2) is 13.8. The van der Waals surface area contributed by atoms with Gasteiger partial charge < -0.3 is 36.6 Å². The van der Waals surface area contributed by atoms with Crippen molar-refractivity contribution in [1.29, 1.82) is 0 Å². The molecule has 0 bridgehead atoms. The molecule has 1 aromatic carbocycles. The van der Waals surface area contributed by atoms with Gasteiger partial charge in [0.2, 0.25) is 11.8 Å². The van der Waals surface area contributed by atoms with Gasteiger partial charge in [-0.05, 0) is 30.4 Å². The molecule has 2 fully saturated rings. The van der Waals surface area contributed by atoms with Gasteiger partial charge >= 0.3 is 0 Å². The number of pyridine rings is 1. The lowest BCUT2D eigenvalue weighted by Crippen LogP contribution is -2.52. The van der Waals surface area contributed by atoms with Crippen LogP contribution in [0.4, 0.5) is 17.2 Å². The van der Waals surface area contributed by atoms with Gasteiger partial charge in [0.25, 0.3) is 5.91 Å². The summed E-state index contributed by atoms with van der Waals surface area (Å²) >= 11 is 0. The number of carbonyl (C=O) groups excluding carboxylic acids is 3. The third kappa shape index (κ3) is 6.95. The maximum atomic E-state index is 13.3. The maximum absolute atomic E-state index is 13.3. The van der Waals surface area contributed by atoms with Gasteiger partial charge in [-0.3, -0.25) is 19.4 Å². The summed E-state index contributed by atoms with van der Waals surface area (Å²) in [4.78, 5) is 55.6. The van der Waals surface area contributed by atoms with Crippen molar-refractivity contribution in [2.75, 3.05) is 48.8 Å². The molecule has 3 amide bonds. The molecule has 0 saturated carbocycles. The van der Waals surface area contributed by atoms with Crippen molar-refractivity contribution in [3.63, 3.8) is 0 Å². The molecule has 0 radical (unpaired) electrons. The predicted molar refractivity (Wildman–Crippen MR) is 166 cm³/mol. The minimum atomic E-state index is -0.623. The van der Waals surface area contributed by atoms with E-state index in [0.29, 0.717) is 57.2 Å². The summed E-state index contributed by atoms with van der Waals surface area (Å²) in [6, 6.07) is 8.12. The van der Waals surface area contributed by atoms with Crippen LogP contribution in [-0.2, 0) is 20.9 Å². The molecule has 0 aliphatic carbocycles. The van der Waals surface area contributed by atoms with E-state index < -0.39 is 18.0 Å². The van der Waals surface area contributed by atoms with E-state index >= 15 is 0 Å². The molecule has 0 unspecified atom stereocenters. The van der Waals surface area contributed by atoms with E-state index in [1.54, 1.807) is 17.3 Å². The lowest BCUT2D eigenvalue weighted by Gasteiger charge is -2.30. The fourth-order valence-electron chi connectivity index (χ4n) is 5.33. The number of hydrogen-bond acceptors (Lipinski definition) is 10. The number of nitrogens with one attached hydrogen (secondary N) is 2. The van der Waals surface area contributed by atoms with E-state index in [0.717, 1.165) is 23.2 Å². The van der Waals surface area contributed by atoms with E-state index in [1.807, 2.05) is 44.2 Å². The third-order valence-electron chi connectivity index (χ3n) is 7.97. The molecule has 0 spiro atoms. The molecule has 2 aliphatic rings. The lowest BCUT2D eigenvalue weighted by molar-refractivity contribution is -0.140. The molecule has 2 aliphatic heterocycles. The quantitative estimate of drug-likeness (QED) is 0.282. The first-order valence-electron chi connectivity index (χ1n) is 14.9. The van der Waals surface area contributed by atoms with Gasteiger partial charge in [0.1, 0.15) is 6.04 Å². The van der Waals surface area contributed by atoms with Crippen molar-refractivity contribution in [2.24, 2.45) is 11.7 Å². The lowest BCUT2D eigenvalue weighted by atomic mass is 10.0. The number of amides is 3. The first kappa shape index (κ1) is 30.8. The van der Waals surface area contributed by atoms with Crippen LogP contribution in [0.5, 0.6) is 0 Å². The van der Waals surface area contributed by atoms with Crippen LogP contribution in [0.15, 0.2) is 48.9 Å². The standard InChI is InChI=1S/C31H39N9O4/c1-19(2)26(32)31(43)40-11-3-4-25(40)29(41)36-16-20-5-7-21(8-6-20)22-18-35-28(33)27(37-22)30(42)38-23-17-34-10-9-24(23)39-12-14-44-15-13-39/h5-10,17-19,25-26H,3-4,11-16,32H2,1-2H3,(H2,33,35)(H,36,41)(H,38,42)/t25-,26-/m0/s1. The molecule has 2 saturated heterocycles. The number of nitrogens with zero attached hydrogens (tertiary/aromatic N) is 5. The van der Waals surface area contributed by atoms with Crippen LogP contribution < -0.4 is 27.0 Å². The molecular formula is C31H39N9O4. The van der Waals surface area contributed by atoms with E-state index in [-0.39, 0.29) is 29.2 Å². The van der Waals surface area contributed by atoms with Crippen molar-refractivity contribution in [3.8, 4) is 11.3 Å². The van der Waals surface area contributed by atoms with Crippen LogP contribution in [0.2, 0.25) is 0 Å². The molecule has 232 valence electrons. The highest BCUT2D eigenvalue weighted by molar-refractivity contribution is 6.07. The molecule has 3 aromatic rings. The third-order valence-corrected chi connectivity index (χ3v) is 7.97. The molecule has 5 rings (SSSR count). The van der Waals surface area contributed by atoms with Crippen LogP contribution in [0.3, 0.4) is 0 Å². The van der Waals surface area contributed by atoms with Gasteiger partial charge in [0, 0.05) is 37.9 Å². The molecule has 44 heavy (non-hydrogen) atoms. The first-order valence-corrected chi connectivity index (χ1v) is 14.9. The number of nitrogens with two attached hydrogens (primary N) is 2. The number of likely N-dealkylation sites (tertiary alicyclic amines) is 1. The van der Waals surface area contributed by atoms with Crippen LogP contribution in [0.25, 0.3) is 11.3 Å². The number of rotatable bonds is 9. The normalized spacial score (nSPS) is 17.4. The Labute approximate surface area is 256 Å². The Balaban J connectivity index is 1.23. The Morgan fingerprint density at radius 2 is 1.82 bits per heavy atom. The predicted octanol–water partition coefficient (Wildman–Crippen LogP) is 1.80. The average Bonchev–Trinajstić information content (AvgIpc) is 3.54. The minimum Gasteiger partial charge on any atom is -0.382 e. The highest BCUT2D eigenvalue weighted by atomic mass is 16.5. The number of anilines is 3. The zero-order valence-electron chi connectivity index (χ0n) is 25.0. The van der Waals surface area contributed by atoms with Gasteiger partial charge in [0.05, 0.1) is 48.7 Å². The minimum absolute atomic E-state index is 0.00321. The van der Waals surface area contributed by atoms with Crippen LogP contribution in [-0.4, -0.2) is 82.5 Å². The van der Waals surface area contributed by atoms with Crippen molar-refractivity contribution in [3.05, 3.63) is 60.2 Å². The van der Waals surface area contributed by atoms with Crippen LogP contribution >= 0.6 is 0 Å². The number of benzene rings is 1. The molecule has 4 heterocycles. The summed E-state index contributed by atoms with van der Waals surface area (Å²) in [6.07, 6.45) is 6.17. The van der Waals surface area contributed by atoms with E-state index in [2.05, 4.69) is 30.5 Å². The van der Waals surface area contributed by atoms with Crippen molar-refractivity contribution >= 4 is 34.9 Å². The van der Waals surface area contributed by atoms with Gasteiger partial charge in [-0.15, -0.1) is 0 Å². The fraction of sp³-hybridized carbons (Fsp3) is 0.419. The summed E-state index contributed by atoms with van der Waals surface area (Å²) in [5.41, 5.74) is 15.6. The van der Waals surface area contributed by atoms with Crippen LogP contribution in [0, 0.1) is 5.92 Å². The van der Waals surface area contributed by atoms with Gasteiger partial charge in [-0.2, -0.15) is 0 Å². The topological polar surface area (TPSA) is 182 Å². The van der Waals surface area contributed by atoms with Crippen molar-refractivity contribution in [2.45, 2.75) is 45.3 Å². The summed E-state index contributed by atoms with van der Waals surface area (Å²) in [5.74, 6) is -0.862. The molecule has 2 atom stereocenters. The van der Waals surface area contributed by atoms with Gasteiger partial charge in [-0.1, -0.05) is 38.1 Å². The smallest absolute Gasteiger partial charge is 0.278 e. The monoisotopic (exact) mass is 601 g/mol. The zero-order chi connectivity index (χ0) is 31.2. The number of aromatic nitrogens is 3. The molecule has 6 N–H and O–H groups in total. The Morgan fingerprint density at radius 1 is 1.07 bits per heavy atom. The fourth-order valence-corrected chi connectivity index (χ4v) is 5.33. The summed E-state index contributed by atoms with van der Waals surface area (Å²) in [6.45, 7) is 7.24. The molecular weight excluding hydrogens is 562 g/mol. The second-order valence-corrected chi connectivity index (χ2v) is 11.3. The van der Waals surface area contributed by atoms with Crippen molar-refractivity contribution < 1.29 is 19.1 Å². The van der Waals surface area contributed by atoms with Crippen molar-refractivity contribution in [1.82, 2.24) is 25.2 Å². The first-order chi connectivity index (χ1) is 21.2. The average molecular weight is 602 g/mol. The maximum Gasteiger partial charge on any atom is 0.278 e. The Hall–Kier alpha value is -4.62. The van der Waals surface area contributed by atoms with Crippen LogP contribution in [0.1, 0.15) is 42.7 Å². The summed E-state index contributed by atoms with van der Waals surface area (Å²) < 4.78 is 5.45. The SMILES string of the molecule is CC(C)[C@H](N)C(=O)N1CCC[C@H]1C(=O)NCc1ccc(-c2cnc(N)c(C(=O)Nc3cnccc3N3CCOCC3)n2)cc1. The largest absolute Gasteiger partial charge is 0.382 e. The molecule has 2 aromatic heterocycles. The van der Waals surface area contributed by atoms with E-state index in [4.69, 9.17) is 16.2 Å². The van der Waals surface area contributed by atoms with E-state index in [9.17, 15) is 14.4 Å². The van der Waals surface area contributed by atoms with Gasteiger partial charge in [0.15, 0.2) is 11.5 Å². The number of carbonyl (C=O) groups is 3. The second-order valence-electron chi connectivity index (χ2n) is 11.3. The Bertz CT molecular complexity index is 1490. The summed E-state index contributed by atoms with van der Waals surface area (Å²) in [7, 11) is 0. The molecule has 13 nitrogen and oxygen atoms in total. The number of nitrogen functional groups attached to an aromatic ring is 1. The molecule has 13 heteroatoms. The Kier molecular flexibility index (Phi) is 9.65. The number of hydrogen-bond donors (Lipinski definition) is 4. The Morgan fingerprint density at radius 3 is 2.55 bits per heavy atom. The number of morpholine rings is 1. The van der Waals surface area contributed by atoms with Gasteiger partial charge in [-0.25, -0.2) is 9.97 Å². The highest BCUT2D eigenvalue weighted by Crippen LogP contribution is 2.27. The highest BCUT2D eigenvalue weighted by Gasteiger charge is 2.36. The van der Waals surface area contributed by atoms with E-state index in [1.165, 1.54) is 6.20 Å². The summed E-state index contributed by atoms with van der Waals surface area (Å²) in [5, 5.41) is 5.84. The number of ether oxygens (including phenoxy) is 1. The zero-order valence-corrected chi connectivity index (χ0v) is 25.0.